The van der Waals surface area contributed by atoms with Gasteiger partial charge in [0.1, 0.15) is 0 Å². The molecule has 0 radical (unpaired) electrons. The van der Waals surface area contributed by atoms with Crippen LogP contribution >= 0.6 is 0 Å². The first-order chi connectivity index (χ1) is 12.2. The van der Waals surface area contributed by atoms with Crippen molar-refractivity contribution in [2.45, 2.75) is 32.6 Å². The molecule has 1 aliphatic heterocycles. The van der Waals surface area contributed by atoms with Crippen molar-refractivity contribution in [3.63, 3.8) is 0 Å². The molecular formula is C22H21NO2. The van der Waals surface area contributed by atoms with E-state index >= 15 is 0 Å². The Morgan fingerprint density at radius 1 is 0.840 bits per heavy atom. The number of rotatable bonds is 5. The normalized spacial score (nSPS) is 13.9. The zero-order valence-corrected chi connectivity index (χ0v) is 14.4. The van der Waals surface area contributed by atoms with E-state index in [1.165, 1.54) is 4.90 Å². The maximum absolute atomic E-state index is 13.2. The second kappa shape index (κ2) is 6.32. The summed E-state index contributed by atoms with van der Waals surface area (Å²) < 4.78 is 0. The fourth-order valence-corrected chi connectivity index (χ4v) is 3.79. The van der Waals surface area contributed by atoms with Crippen LogP contribution in [-0.2, 0) is 0 Å². The summed E-state index contributed by atoms with van der Waals surface area (Å²) in [6.45, 7) is 2.65. The Bertz CT molecular complexity index is 990. The molecule has 126 valence electrons. The average molecular weight is 331 g/mol. The highest BCUT2D eigenvalue weighted by atomic mass is 16.2. The minimum absolute atomic E-state index is 0.151. The Morgan fingerprint density at radius 2 is 1.64 bits per heavy atom. The van der Waals surface area contributed by atoms with Crippen LogP contribution in [0.3, 0.4) is 0 Å². The smallest absolute Gasteiger partial charge is 0.262 e. The predicted octanol–water partition coefficient (Wildman–Crippen LogP) is 5.17. The molecule has 0 spiro atoms. The summed E-state index contributed by atoms with van der Waals surface area (Å²) in [6.07, 6.45) is 4.17. The Morgan fingerprint density at radius 3 is 2.48 bits per heavy atom. The van der Waals surface area contributed by atoms with Gasteiger partial charge in [0.25, 0.3) is 11.8 Å². The summed E-state index contributed by atoms with van der Waals surface area (Å²) in [4.78, 5) is 27.6. The summed E-state index contributed by atoms with van der Waals surface area (Å²) in [5, 5.41) is 3.73. The van der Waals surface area contributed by atoms with Gasteiger partial charge in [-0.2, -0.15) is 0 Å². The Balaban J connectivity index is 1.88. The van der Waals surface area contributed by atoms with E-state index < -0.39 is 0 Å². The van der Waals surface area contributed by atoms with Crippen molar-refractivity contribution in [3.8, 4) is 0 Å². The van der Waals surface area contributed by atoms with Crippen LogP contribution in [0.25, 0.3) is 21.5 Å². The van der Waals surface area contributed by atoms with Gasteiger partial charge in [0.2, 0.25) is 0 Å². The van der Waals surface area contributed by atoms with Gasteiger partial charge >= 0.3 is 0 Å². The lowest BCUT2D eigenvalue weighted by Gasteiger charge is -2.28. The van der Waals surface area contributed by atoms with Crippen molar-refractivity contribution < 1.29 is 9.59 Å². The molecule has 3 nitrogen and oxygen atoms in total. The Labute approximate surface area is 147 Å². The van der Waals surface area contributed by atoms with Gasteiger partial charge in [-0.25, -0.2) is 0 Å². The molecule has 4 rings (SSSR count). The van der Waals surface area contributed by atoms with E-state index in [0.29, 0.717) is 17.7 Å². The lowest BCUT2D eigenvalue weighted by molar-refractivity contribution is 0.0609. The number of carbonyl (C=O) groups is 2. The first kappa shape index (κ1) is 15.8. The number of hydrogen-bond acceptors (Lipinski definition) is 2. The standard InChI is InChI=1S/C22H21NO2/c1-2-3-4-7-13-23-21(24)18-12-8-10-16-14-15-9-5-6-11-17(15)20(19(16)18)22(23)25/h5-6,8-12,14H,2-4,7,13H2,1H3. The molecule has 3 aromatic carbocycles. The zero-order chi connectivity index (χ0) is 17.4. The van der Waals surface area contributed by atoms with E-state index in [0.717, 1.165) is 47.2 Å². The van der Waals surface area contributed by atoms with Gasteiger partial charge < -0.3 is 0 Å². The van der Waals surface area contributed by atoms with Gasteiger partial charge in [0.05, 0.1) is 5.56 Å². The molecule has 1 heterocycles. The van der Waals surface area contributed by atoms with E-state index in [2.05, 4.69) is 13.0 Å². The number of unbranched alkanes of at least 4 members (excludes halogenated alkanes) is 3. The summed E-state index contributed by atoms with van der Waals surface area (Å²) in [5.41, 5.74) is 1.33. The number of fused-ring (bicyclic) bond motifs is 2. The SMILES string of the molecule is CCCCCCN1C(=O)c2cccc3cc4ccccc4c(c23)C1=O. The van der Waals surface area contributed by atoms with Crippen molar-refractivity contribution in [1.82, 2.24) is 4.90 Å². The van der Waals surface area contributed by atoms with Crippen LogP contribution in [0.5, 0.6) is 0 Å². The van der Waals surface area contributed by atoms with Crippen molar-refractivity contribution in [2.75, 3.05) is 6.54 Å². The van der Waals surface area contributed by atoms with Gasteiger partial charge in [-0.3, -0.25) is 14.5 Å². The van der Waals surface area contributed by atoms with Gasteiger partial charge in [-0.05, 0) is 34.7 Å². The van der Waals surface area contributed by atoms with Gasteiger partial charge in [0.15, 0.2) is 0 Å². The minimum atomic E-state index is -0.158. The molecule has 1 aliphatic rings. The highest BCUT2D eigenvalue weighted by Crippen LogP contribution is 2.35. The molecular weight excluding hydrogens is 310 g/mol. The zero-order valence-electron chi connectivity index (χ0n) is 14.4. The third-order valence-corrected chi connectivity index (χ3v) is 5.06. The predicted molar refractivity (Wildman–Crippen MR) is 101 cm³/mol. The number of hydrogen-bond donors (Lipinski definition) is 0. The lowest BCUT2D eigenvalue weighted by Crippen LogP contribution is -2.41. The topological polar surface area (TPSA) is 37.4 Å². The van der Waals surface area contributed by atoms with E-state index in [-0.39, 0.29) is 11.8 Å². The fourth-order valence-electron chi connectivity index (χ4n) is 3.79. The first-order valence-electron chi connectivity index (χ1n) is 9.03. The second-order valence-corrected chi connectivity index (χ2v) is 6.70. The van der Waals surface area contributed by atoms with E-state index in [1.807, 2.05) is 42.5 Å². The Kier molecular flexibility index (Phi) is 4.00. The van der Waals surface area contributed by atoms with Crippen LogP contribution in [0.1, 0.15) is 53.3 Å². The number of benzene rings is 3. The van der Waals surface area contributed by atoms with E-state index in [9.17, 15) is 9.59 Å². The molecule has 3 aromatic rings. The van der Waals surface area contributed by atoms with E-state index in [1.54, 1.807) is 0 Å². The number of nitrogens with zero attached hydrogens (tertiary/aromatic N) is 1. The fraction of sp³-hybridized carbons (Fsp3) is 0.273. The molecule has 2 amide bonds. The quantitative estimate of drug-likeness (QED) is 0.367. The van der Waals surface area contributed by atoms with Crippen LogP contribution in [-0.4, -0.2) is 23.3 Å². The van der Waals surface area contributed by atoms with Crippen molar-refractivity contribution in [2.24, 2.45) is 0 Å². The van der Waals surface area contributed by atoms with Crippen molar-refractivity contribution in [1.29, 1.82) is 0 Å². The number of imide groups is 1. The molecule has 25 heavy (non-hydrogen) atoms. The van der Waals surface area contributed by atoms with Crippen molar-refractivity contribution >= 4 is 33.4 Å². The number of carbonyl (C=O) groups excluding carboxylic acids is 2. The Hall–Kier alpha value is -2.68. The van der Waals surface area contributed by atoms with Crippen LogP contribution in [0.2, 0.25) is 0 Å². The lowest BCUT2D eigenvalue weighted by atomic mass is 9.89. The van der Waals surface area contributed by atoms with Gasteiger partial charge in [0, 0.05) is 17.5 Å². The van der Waals surface area contributed by atoms with Crippen LogP contribution in [0.4, 0.5) is 0 Å². The third kappa shape index (κ3) is 2.51. The molecule has 0 unspecified atom stereocenters. The van der Waals surface area contributed by atoms with Crippen LogP contribution < -0.4 is 0 Å². The minimum Gasteiger partial charge on any atom is -0.274 e. The summed E-state index contributed by atoms with van der Waals surface area (Å²) in [5.74, 6) is -0.308. The highest BCUT2D eigenvalue weighted by molar-refractivity contribution is 6.30. The molecule has 0 saturated heterocycles. The van der Waals surface area contributed by atoms with Gasteiger partial charge in [-0.15, -0.1) is 0 Å². The van der Waals surface area contributed by atoms with Crippen molar-refractivity contribution in [3.05, 3.63) is 59.7 Å². The summed E-state index contributed by atoms with van der Waals surface area (Å²) in [7, 11) is 0. The molecule has 0 fully saturated rings. The summed E-state index contributed by atoms with van der Waals surface area (Å²) >= 11 is 0. The maximum Gasteiger partial charge on any atom is 0.262 e. The second-order valence-electron chi connectivity index (χ2n) is 6.70. The monoisotopic (exact) mass is 331 g/mol. The molecule has 3 heteroatoms. The van der Waals surface area contributed by atoms with Gasteiger partial charge in [-0.1, -0.05) is 62.6 Å². The number of amides is 2. The molecule has 0 aliphatic carbocycles. The third-order valence-electron chi connectivity index (χ3n) is 5.06. The first-order valence-corrected chi connectivity index (χ1v) is 9.03. The molecule has 0 bridgehead atoms. The van der Waals surface area contributed by atoms with Crippen LogP contribution in [0, 0.1) is 0 Å². The van der Waals surface area contributed by atoms with E-state index in [4.69, 9.17) is 0 Å². The maximum atomic E-state index is 13.2. The summed E-state index contributed by atoms with van der Waals surface area (Å²) in [6, 6.07) is 15.7. The molecule has 0 aromatic heterocycles. The molecule has 0 N–H and O–H groups in total. The molecule has 0 saturated carbocycles. The largest absolute Gasteiger partial charge is 0.274 e. The highest BCUT2D eigenvalue weighted by Gasteiger charge is 2.33. The average Bonchev–Trinajstić information content (AvgIpc) is 2.64. The molecule has 0 atom stereocenters. The van der Waals surface area contributed by atoms with Crippen LogP contribution in [0.15, 0.2) is 48.5 Å².